The SMILES string of the molecule is [C-]#[N+]c1ccc2c(c1F)CCCN2C(C)(C)C. The third-order valence-corrected chi connectivity index (χ3v) is 3.23. The lowest BCUT2D eigenvalue weighted by Gasteiger charge is -2.42. The van der Waals surface area contributed by atoms with Crippen LogP contribution in [0.1, 0.15) is 32.8 Å². The molecule has 0 aliphatic carbocycles. The Balaban J connectivity index is 2.55. The second-order valence-electron chi connectivity index (χ2n) is 5.43. The Kier molecular flexibility index (Phi) is 2.82. The molecule has 1 aromatic carbocycles. The average molecular weight is 232 g/mol. The lowest BCUT2D eigenvalue weighted by molar-refractivity contribution is 0.476. The maximum absolute atomic E-state index is 14.1. The van der Waals surface area contributed by atoms with E-state index < -0.39 is 0 Å². The molecular weight excluding hydrogens is 215 g/mol. The number of fused-ring (bicyclic) bond motifs is 1. The molecule has 90 valence electrons. The van der Waals surface area contributed by atoms with Crippen LogP contribution in [-0.4, -0.2) is 12.1 Å². The summed E-state index contributed by atoms with van der Waals surface area (Å²) in [4.78, 5) is 5.45. The van der Waals surface area contributed by atoms with Crippen molar-refractivity contribution >= 4 is 11.4 Å². The number of benzene rings is 1. The van der Waals surface area contributed by atoms with Crippen molar-refractivity contribution in [2.75, 3.05) is 11.4 Å². The Bertz CT molecular complexity index is 480. The summed E-state index contributed by atoms with van der Waals surface area (Å²) >= 11 is 0. The first-order valence-corrected chi connectivity index (χ1v) is 5.91. The fourth-order valence-corrected chi connectivity index (χ4v) is 2.41. The standard InChI is InChI=1S/C14H17FN2/c1-14(2,3)17-9-5-6-10-12(17)8-7-11(16-4)13(10)15/h7-8H,5-6,9H2,1-3H3. The minimum absolute atomic E-state index is 0.0127. The third-order valence-electron chi connectivity index (χ3n) is 3.23. The highest BCUT2D eigenvalue weighted by Gasteiger charge is 2.28. The fraction of sp³-hybridized carbons (Fsp3) is 0.500. The first-order valence-electron chi connectivity index (χ1n) is 5.91. The number of hydrogen-bond acceptors (Lipinski definition) is 1. The van der Waals surface area contributed by atoms with Crippen LogP contribution in [0.15, 0.2) is 12.1 Å². The van der Waals surface area contributed by atoms with Gasteiger partial charge in [-0.25, -0.2) is 9.24 Å². The topological polar surface area (TPSA) is 7.60 Å². The van der Waals surface area contributed by atoms with Crippen LogP contribution in [0.4, 0.5) is 15.8 Å². The van der Waals surface area contributed by atoms with Crippen LogP contribution in [-0.2, 0) is 6.42 Å². The van der Waals surface area contributed by atoms with E-state index in [0.717, 1.165) is 25.1 Å². The number of anilines is 1. The Morgan fingerprint density at radius 2 is 2.06 bits per heavy atom. The van der Waals surface area contributed by atoms with Gasteiger partial charge in [0.05, 0.1) is 6.57 Å². The minimum atomic E-state index is -0.327. The molecule has 0 spiro atoms. The first-order chi connectivity index (χ1) is 7.95. The normalized spacial score (nSPS) is 15.4. The Labute approximate surface area is 102 Å². The summed E-state index contributed by atoms with van der Waals surface area (Å²) in [6, 6.07) is 3.47. The van der Waals surface area contributed by atoms with Crippen molar-refractivity contribution < 1.29 is 4.39 Å². The molecule has 0 saturated carbocycles. The molecule has 0 N–H and O–H groups in total. The van der Waals surface area contributed by atoms with Crippen LogP contribution in [0, 0.1) is 12.4 Å². The molecule has 1 aromatic rings. The van der Waals surface area contributed by atoms with Crippen molar-refractivity contribution in [1.82, 2.24) is 0 Å². The van der Waals surface area contributed by atoms with Gasteiger partial charge in [0.25, 0.3) is 0 Å². The third kappa shape index (κ3) is 2.00. The molecule has 17 heavy (non-hydrogen) atoms. The van der Waals surface area contributed by atoms with Crippen LogP contribution < -0.4 is 4.90 Å². The Morgan fingerprint density at radius 1 is 1.35 bits per heavy atom. The van der Waals surface area contributed by atoms with E-state index in [1.54, 1.807) is 6.07 Å². The molecule has 3 heteroatoms. The zero-order chi connectivity index (χ0) is 12.6. The molecule has 0 bridgehead atoms. The van der Waals surface area contributed by atoms with E-state index in [-0.39, 0.29) is 17.0 Å². The van der Waals surface area contributed by atoms with Gasteiger partial charge in [0, 0.05) is 23.3 Å². The lowest BCUT2D eigenvalue weighted by atomic mass is 9.95. The minimum Gasteiger partial charge on any atom is -0.366 e. The van der Waals surface area contributed by atoms with Gasteiger partial charge in [-0.1, -0.05) is 6.07 Å². The zero-order valence-electron chi connectivity index (χ0n) is 10.5. The molecule has 1 aliphatic rings. The summed E-state index contributed by atoms with van der Waals surface area (Å²) in [6.07, 6.45) is 1.68. The molecule has 2 rings (SSSR count). The van der Waals surface area contributed by atoms with Crippen LogP contribution >= 0.6 is 0 Å². The average Bonchev–Trinajstić information content (AvgIpc) is 2.28. The number of halogens is 1. The smallest absolute Gasteiger partial charge is 0.222 e. The molecule has 1 aliphatic heterocycles. The molecule has 0 fully saturated rings. The van der Waals surface area contributed by atoms with Crippen LogP contribution in [0.25, 0.3) is 4.85 Å². The second kappa shape index (κ2) is 4.03. The summed E-state index contributed by atoms with van der Waals surface area (Å²) in [5.41, 5.74) is 1.79. The summed E-state index contributed by atoms with van der Waals surface area (Å²) < 4.78 is 14.1. The summed E-state index contributed by atoms with van der Waals surface area (Å²) in [7, 11) is 0. The van der Waals surface area contributed by atoms with E-state index in [2.05, 4.69) is 30.5 Å². The highest BCUT2D eigenvalue weighted by Crippen LogP contribution is 2.37. The van der Waals surface area contributed by atoms with E-state index in [9.17, 15) is 4.39 Å². The first kappa shape index (κ1) is 11.9. The number of nitrogens with zero attached hydrogens (tertiary/aromatic N) is 2. The van der Waals surface area contributed by atoms with Gasteiger partial charge < -0.3 is 4.90 Å². The molecule has 0 aromatic heterocycles. The zero-order valence-corrected chi connectivity index (χ0v) is 10.5. The van der Waals surface area contributed by atoms with E-state index in [1.165, 1.54) is 0 Å². The predicted molar refractivity (Wildman–Crippen MR) is 68.1 cm³/mol. The van der Waals surface area contributed by atoms with E-state index in [1.807, 2.05) is 6.07 Å². The van der Waals surface area contributed by atoms with Crippen LogP contribution in [0.3, 0.4) is 0 Å². The second-order valence-corrected chi connectivity index (χ2v) is 5.43. The number of rotatable bonds is 0. The largest absolute Gasteiger partial charge is 0.366 e. The van der Waals surface area contributed by atoms with Gasteiger partial charge in [-0.3, -0.25) is 0 Å². The van der Waals surface area contributed by atoms with Crippen LogP contribution in [0.2, 0.25) is 0 Å². The van der Waals surface area contributed by atoms with Gasteiger partial charge in [0.2, 0.25) is 5.69 Å². The Hall–Kier alpha value is -1.56. The molecule has 0 unspecified atom stereocenters. The van der Waals surface area contributed by atoms with Gasteiger partial charge in [0.1, 0.15) is 5.82 Å². The number of hydrogen-bond donors (Lipinski definition) is 0. The molecule has 2 nitrogen and oxygen atoms in total. The molecule has 0 radical (unpaired) electrons. The molecule has 0 atom stereocenters. The quantitative estimate of drug-likeness (QED) is 0.615. The van der Waals surface area contributed by atoms with Crippen molar-refractivity contribution in [1.29, 1.82) is 0 Å². The van der Waals surface area contributed by atoms with Crippen molar-refractivity contribution in [3.05, 3.63) is 34.9 Å². The van der Waals surface area contributed by atoms with E-state index in [4.69, 9.17) is 6.57 Å². The molecular formula is C14H17FN2. The van der Waals surface area contributed by atoms with E-state index >= 15 is 0 Å². The molecule has 0 amide bonds. The highest BCUT2D eigenvalue weighted by molar-refractivity contribution is 5.64. The van der Waals surface area contributed by atoms with Gasteiger partial charge in [-0.05, 0) is 39.7 Å². The monoisotopic (exact) mass is 232 g/mol. The predicted octanol–water partition coefficient (Wildman–Crippen LogP) is 3.93. The maximum Gasteiger partial charge on any atom is 0.222 e. The van der Waals surface area contributed by atoms with Gasteiger partial charge in [-0.15, -0.1) is 0 Å². The molecule has 0 saturated heterocycles. The summed E-state index contributed by atoms with van der Waals surface area (Å²) in [6.45, 7) is 14.3. The van der Waals surface area contributed by atoms with Gasteiger partial charge >= 0.3 is 0 Å². The van der Waals surface area contributed by atoms with Crippen LogP contribution in [0.5, 0.6) is 0 Å². The van der Waals surface area contributed by atoms with Crippen molar-refractivity contribution in [3.63, 3.8) is 0 Å². The van der Waals surface area contributed by atoms with Gasteiger partial charge in [-0.2, -0.15) is 0 Å². The lowest BCUT2D eigenvalue weighted by Crippen LogP contribution is -2.44. The summed E-state index contributed by atoms with van der Waals surface area (Å²) in [5, 5.41) is 0. The van der Waals surface area contributed by atoms with Crippen molar-refractivity contribution in [2.45, 2.75) is 39.2 Å². The van der Waals surface area contributed by atoms with E-state index in [0.29, 0.717) is 5.56 Å². The Morgan fingerprint density at radius 3 is 2.65 bits per heavy atom. The highest BCUT2D eigenvalue weighted by atomic mass is 19.1. The van der Waals surface area contributed by atoms with Crippen molar-refractivity contribution in [2.24, 2.45) is 0 Å². The fourth-order valence-electron chi connectivity index (χ4n) is 2.41. The van der Waals surface area contributed by atoms with Gasteiger partial charge in [0.15, 0.2) is 0 Å². The maximum atomic E-state index is 14.1. The summed E-state index contributed by atoms with van der Waals surface area (Å²) in [5.74, 6) is -0.327. The molecule has 1 heterocycles. The van der Waals surface area contributed by atoms with Crippen molar-refractivity contribution in [3.8, 4) is 0 Å².